The van der Waals surface area contributed by atoms with Crippen LogP contribution in [0.15, 0.2) is 18.2 Å². The fraction of sp³-hybridized carbons (Fsp3) is 0.636. The number of amides is 2. The van der Waals surface area contributed by atoms with E-state index in [4.69, 9.17) is 4.74 Å². The molecule has 0 aromatic heterocycles. The molecule has 1 N–H and O–H groups in total. The molecule has 170 valence electrons. The van der Waals surface area contributed by atoms with E-state index in [2.05, 4.69) is 5.32 Å². The van der Waals surface area contributed by atoms with E-state index in [1.165, 1.54) is 31.4 Å². The van der Waals surface area contributed by atoms with Crippen molar-refractivity contribution in [3.8, 4) is 5.75 Å². The summed E-state index contributed by atoms with van der Waals surface area (Å²) < 4.78 is 5.02. The molecular formula is C22H31N3O5S. The molecule has 3 rings (SSSR count). The zero-order chi connectivity index (χ0) is 22.2. The van der Waals surface area contributed by atoms with Crippen LogP contribution < -0.4 is 10.1 Å². The molecule has 2 fully saturated rings. The topological polar surface area (TPSA) is 102 Å². The molecule has 1 saturated carbocycles. The average molecular weight is 450 g/mol. The van der Waals surface area contributed by atoms with Crippen LogP contribution in [0.25, 0.3) is 0 Å². The third-order valence-corrected chi connectivity index (χ3v) is 7.09. The third-order valence-electron chi connectivity index (χ3n) is 6.10. The molecule has 1 aromatic rings. The first kappa shape index (κ1) is 23.4. The van der Waals surface area contributed by atoms with Crippen molar-refractivity contribution in [1.29, 1.82) is 0 Å². The number of piperidine rings is 1. The van der Waals surface area contributed by atoms with Gasteiger partial charge in [0.1, 0.15) is 0 Å². The summed E-state index contributed by atoms with van der Waals surface area (Å²) in [6.07, 6.45) is 7.10. The van der Waals surface area contributed by atoms with Gasteiger partial charge in [-0.3, -0.25) is 19.7 Å². The fourth-order valence-corrected chi connectivity index (χ4v) is 5.15. The van der Waals surface area contributed by atoms with E-state index < -0.39 is 4.92 Å². The second-order valence-electron chi connectivity index (χ2n) is 8.25. The SMILES string of the molecule is COc1ccc(CSCC(=O)N2CCC(NC(=O)C3CCCCC3)CC2)cc1[N+](=O)[O-]. The summed E-state index contributed by atoms with van der Waals surface area (Å²) in [5, 5.41) is 14.3. The first-order valence-electron chi connectivity index (χ1n) is 10.9. The minimum absolute atomic E-state index is 0.0655. The van der Waals surface area contributed by atoms with Crippen molar-refractivity contribution in [2.75, 3.05) is 26.0 Å². The molecule has 1 aliphatic carbocycles. The number of likely N-dealkylation sites (tertiary alicyclic amines) is 1. The number of carbonyl (C=O) groups excluding carboxylic acids is 2. The standard InChI is InChI=1S/C22H31N3O5S/c1-30-20-8-7-16(13-19(20)25(28)29)14-31-15-21(26)24-11-9-18(10-12-24)23-22(27)17-5-3-2-4-6-17/h7-8,13,17-18H,2-6,9-12,14-15H2,1H3,(H,23,27). The van der Waals surface area contributed by atoms with Gasteiger partial charge in [0, 0.05) is 36.9 Å². The first-order valence-corrected chi connectivity index (χ1v) is 12.1. The summed E-state index contributed by atoms with van der Waals surface area (Å²) in [5.74, 6) is 1.51. The van der Waals surface area contributed by atoms with Gasteiger partial charge in [0.15, 0.2) is 5.75 Å². The number of nitrogens with one attached hydrogen (secondary N) is 1. The van der Waals surface area contributed by atoms with Crippen LogP contribution in [0.2, 0.25) is 0 Å². The molecule has 8 nitrogen and oxygen atoms in total. The monoisotopic (exact) mass is 449 g/mol. The van der Waals surface area contributed by atoms with E-state index in [1.54, 1.807) is 12.1 Å². The Morgan fingerprint density at radius 2 is 1.90 bits per heavy atom. The lowest BCUT2D eigenvalue weighted by molar-refractivity contribution is -0.385. The predicted octanol–water partition coefficient (Wildman–Crippen LogP) is 3.52. The Morgan fingerprint density at radius 1 is 1.19 bits per heavy atom. The Kier molecular flexibility index (Phi) is 8.57. The summed E-state index contributed by atoms with van der Waals surface area (Å²) in [6, 6.07) is 5.02. The molecular weight excluding hydrogens is 418 g/mol. The highest BCUT2D eigenvalue weighted by Gasteiger charge is 2.27. The molecule has 1 heterocycles. The van der Waals surface area contributed by atoms with Gasteiger partial charge in [-0.2, -0.15) is 0 Å². The number of nitro benzene ring substituents is 1. The van der Waals surface area contributed by atoms with Gasteiger partial charge in [0.2, 0.25) is 11.8 Å². The second kappa shape index (κ2) is 11.4. The van der Waals surface area contributed by atoms with Crippen molar-refractivity contribution in [2.24, 2.45) is 5.92 Å². The fourth-order valence-electron chi connectivity index (χ4n) is 4.27. The van der Waals surface area contributed by atoms with Crippen molar-refractivity contribution < 1.29 is 19.2 Å². The molecule has 2 aliphatic rings. The van der Waals surface area contributed by atoms with Gasteiger partial charge < -0.3 is 15.0 Å². The number of nitro groups is 1. The third kappa shape index (κ3) is 6.59. The van der Waals surface area contributed by atoms with Gasteiger partial charge in [-0.25, -0.2) is 0 Å². The van der Waals surface area contributed by atoms with E-state index in [0.29, 0.717) is 24.6 Å². The molecule has 0 spiro atoms. The van der Waals surface area contributed by atoms with E-state index >= 15 is 0 Å². The van der Waals surface area contributed by atoms with Crippen LogP contribution in [0.4, 0.5) is 5.69 Å². The molecule has 2 amide bonds. The predicted molar refractivity (Wildman–Crippen MR) is 120 cm³/mol. The summed E-state index contributed by atoms with van der Waals surface area (Å²) >= 11 is 1.45. The van der Waals surface area contributed by atoms with Crippen molar-refractivity contribution in [1.82, 2.24) is 10.2 Å². The largest absolute Gasteiger partial charge is 0.490 e. The van der Waals surface area contributed by atoms with Crippen LogP contribution >= 0.6 is 11.8 Å². The number of benzene rings is 1. The molecule has 1 saturated heterocycles. The van der Waals surface area contributed by atoms with Gasteiger partial charge in [0.25, 0.3) is 0 Å². The van der Waals surface area contributed by atoms with E-state index in [-0.39, 0.29) is 35.2 Å². The number of hydrogen-bond donors (Lipinski definition) is 1. The average Bonchev–Trinajstić information content (AvgIpc) is 2.80. The van der Waals surface area contributed by atoms with E-state index in [9.17, 15) is 19.7 Å². The maximum atomic E-state index is 12.5. The van der Waals surface area contributed by atoms with Crippen LogP contribution in [-0.4, -0.2) is 53.6 Å². The first-order chi connectivity index (χ1) is 15.0. The molecule has 1 aromatic carbocycles. The van der Waals surface area contributed by atoms with Crippen molar-refractivity contribution in [3.05, 3.63) is 33.9 Å². The summed E-state index contributed by atoms with van der Waals surface area (Å²) in [4.78, 5) is 37.5. The van der Waals surface area contributed by atoms with Gasteiger partial charge in [-0.1, -0.05) is 25.3 Å². The van der Waals surface area contributed by atoms with Crippen molar-refractivity contribution in [3.63, 3.8) is 0 Å². The number of carbonyl (C=O) groups is 2. The maximum absolute atomic E-state index is 12.5. The smallest absolute Gasteiger partial charge is 0.311 e. The summed E-state index contributed by atoms with van der Waals surface area (Å²) in [5.41, 5.74) is 0.721. The number of rotatable bonds is 8. The minimum Gasteiger partial charge on any atom is -0.490 e. The van der Waals surface area contributed by atoms with Crippen molar-refractivity contribution in [2.45, 2.75) is 56.7 Å². The van der Waals surface area contributed by atoms with Crippen LogP contribution in [0.3, 0.4) is 0 Å². The summed E-state index contributed by atoms with van der Waals surface area (Å²) in [6.45, 7) is 1.31. The number of thioether (sulfide) groups is 1. The molecule has 0 radical (unpaired) electrons. The normalized spacial score (nSPS) is 17.9. The minimum atomic E-state index is -0.463. The molecule has 1 aliphatic heterocycles. The lowest BCUT2D eigenvalue weighted by atomic mass is 9.88. The highest BCUT2D eigenvalue weighted by molar-refractivity contribution is 7.99. The molecule has 9 heteroatoms. The second-order valence-corrected chi connectivity index (χ2v) is 9.24. The lowest BCUT2D eigenvalue weighted by Crippen LogP contribution is -2.48. The van der Waals surface area contributed by atoms with Crippen LogP contribution in [0.5, 0.6) is 5.75 Å². The number of nitrogens with zero attached hydrogens (tertiary/aromatic N) is 2. The molecule has 0 unspecified atom stereocenters. The lowest BCUT2D eigenvalue weighted by Gasteiger charge is -2.33. The van der Waals surface area contributed by atoms with Crippen LogP contribution in [0, 0.1) is 16.0 Å². The Morgan fingerprint density at radius 3 is 2.55 bits per heavy atom. The maximum Gasteiger partial charge on any atom is 0.311 e. The number of ether oxygens (including phenoxy) is 1. The van der Waals surface area contributed by atoms with Gasteiger partial charge in [-0.05, 0) is 37.3 Å². The van der Waals surface area contributed by atoms with Crippen LogP contribution in [0.1, 0.15) is 50.5 Å². The van der Waals surface area contributed by atoms with Gasteiger partial charge in [-0.15, -0.1) is 11.8 Å². The van der Waals surface area contributed by atoms with Gasteiger partial charge in [0.05, 0.1) is 17.8 Å². The number of methoxy groups -OCH3 is 1. The number of hydrogen-bond acceptors (Lipinski definition) is 6. The summed E-state index contributed by atoms with van der Waals surface area (Å²) in [7, 11) is 1.40. The Labute approximate surface area is 187 Å². The van der Waals surface area contributed by atoms with Gasteiger partial charge >= 0.3 is 5.69 Å². The highest BCUT2D eigenvalue weighted by Crippen LogP contribution is 2.29. The zero-order valence-corrected chi connectivity index (χ0v) is 18.8. The molecule has 0 bridgehead atoms. The molecule has 31 heavy (non-hydrogen) atoms. The highest BCUT2D eigenvalue weighted by atomic mass is 32.2. The Bertz CT molecular complexity index is 789. The quantitative estimate of drug-likeness (QED) is 0.481. The molecule has 0 atom stereocenters. The van der Waals surface area contributed by atoms with Crippen molar-refractivity contribution >= 4 is 29.3 Å². The zero-order valence-electron chi connectivity index (χ0n) is 18.0. The van der Waals surface area contributed by atoms with E-state index in [0.717, 1.165) is 44.1 Å². The van der Waals surface area contributed by atoms with E-state index in [1.807, 2.05) is 4.90 Å². The Balaban J connectivity index is 1.39. The Hall–Kier alpha value is -2.29. The van der Waals surface area contributed by atoms with Crippen LogP contribution in [-0.2, 0) is 15.3 Å².